The summed E-state index contributed by atoms with van der Waals surface area (Å²) in [5.74, 6) is 0.852. The SMILES string of the molecule is Cn1ccc2c(S(=O)(=O)Nc3cccc(CNCCOc4cccc5[nH]ccc45)c3)cccc21. The second kappa shape index (κ2) is 9.24. The fourth-order valence-electron chi connectivity index (χ4n) is 4.11. The standard InChI is InChI=1S/C26H26N4O3S/c1-30-15-12-22-24(30)8-4-10-26(22)34(31,32)29-20-6-2-5-19(17-20)18-27-14-16-33-25-9-3-7-23-21(25)11-13-28-23/h2-13,15,17,27-29H,14,16,18H2,1H3. The van der Waals surface area contributed by atoms with Crippen molar-refractivity contribution < 1.29 is 13.2 Å². The lowest BCUT2D eigenvalue weighted by molar-refractivity contribution is 0.317. The Labute approximate surface area is 198 Å². The molecule has 0 spiro atoms. The Balaban J connectivity index is 1.19. The monoisotopic (exact) mass is 474 g/mol. The van der Waals surface area contributed by atoms with E-state index in [4.69, 9.17) is 4.74 Å². The van der Waals surface area contributed by atoms with Crippen LogP contribution in [0.1, 0.15) is 5.56 Å². The maximum atomic E-state index is 13.1. The fraction of sp³-hybridized carbons (Fsp3) is 0.154. The molecule has 0 aliphatic rings. The summed E-state index contributed by atoms with van der Waals surface area (Å²) in [6.45, 7) is 1.78. The smallest absolute Gasteiger partial charge is 0.262 e. The van der Waals surface area contributed by atoms with Gasteiger partial charge in [-0.25, -0.2) is 8.42 Å². The van der Waals surface area contributed by atoms with Gasteiger partial charge in [0.15, 0.2) is 0 Å². The molecule has 2 aromatic heterocycles. The summed E-state index contributed by atoms with van der Waals surface area (Å²) < 4.78 is 36.7. The molecule has 0 aliphatic heterocycles. The Morgan fingerprint density at radius 3 is 2.74 bits per heavy atom. The number of anilines is 1. The Bertz CT molecular complexity index is 1550. The molecule has 2 heterocycles. The molecular formula is C26H26N4O3S. The first kappa shape index (κ1) is 22.1. The molecule has 5 aromatic rings. The molecule has 0 fully saturated rings. The van der Waals surface area contributed by atoms with Crippen LogP contribution in [0.3, 0.4) is 0 Å². The maximum Gasteiger partial charge on any atom is 0.262 e. The normalized spacial score (nSPS) is 11.8. The van der Waals surface area contributed by atoms with Crippen molar-refractivity contribution in [3.8, 4) is 5.75 Å². The van der Waals surface area contributed by atoms with E-state index in [2.05, 4.69) is 15.0 Å². The van der Waals surface area contributed by atoms with Crippen LogP contribution >= 0.6 is 0 Å². The van der Waals surface area contributed by atoms with Crippen molar-refractivity contribution in [3.63, 3.8) is 0 Å². The van der Waals surface area contributed by atoms with Crippen LogP contribution in [0.4, 0.5) is 5.69 Å². The molecule has 0 saturated carbocycles. The van der Waals surface area contributed by atoms with Gasteiger partial charge in [0.1, 0.15) is 12.4 Å². The van der Waals surface area contributed by atoms with Gasteiger partial charge < -0.3 is 19.6 Å². The molecule has 3 aromatic carbocycles. The Hall–Kier alpha value is -3.75. The highest BCUT2D eigenvalue weighted by Gasteiger charge is 2.18. The molecule has 0 atom stereocenters. The van der Waals surface area contributed by atoms with Crippen molar-refractivity contribution in [2.75, 3.05) is 17.9 Å². The summed E-state index contributed by atoms with van der Waals surface area (Å²) >= 11 is 0. The summed E-state index contributed by atoms with van der Waals surface area (Å²) in [6.07, 6.45) is 3.76. The molecule has 0 unspecified atom stereocenters. The van der Waals surface area contributed by atoms with Crippen LogP contribution in [0.2, 0.25) is 0 Å². The lowest BCUT2D eigenvalue weighted by atomic mass is 10.2. The molecule has 0 bridgehead atoms. The zero-order valence-electron chi connectivity index (χ0n) is 18.8. The number of sulfonamides is 1. The van der Waals surface area contributed by atoms with Gasteiger partial charge in [-0.05, 0) is 54.1 Å². The summed E-state index contributed by atoms with van der Waals surface area (Å²) in [7, 11) is -1.83. The van der Waals surface area contributed by atoms with E-state index in [-0.39, 0.29) is 4.90 Å². The highest BCUT2D eigenvalue weighted by Crippen LogP contribution is 2.26. The van der Waals surface area contributed by atoms with Gasteiger partial charge in [0, 0.05) is 60.0 Å². The van der Waals surface area contributed by atoms with Gasteiger partial charge in [-0.1, -0.05) is 24.3 Å². The Morgan fingerprint density at radius 2 is 1.82 bits per heavy atom. The molecule has 0 amide bonds. The third-order valence-corrected chi connectivity index (χ3v) is 7.22. The number of hydrogen-bond acceptors (Lipinski definition) is 4. The third-order valence-electron chi connectivity index (χ3n) is 5.78. The number of nitrogens with zero attached hydrogens (tertiary/aromatic N) is 1. The average molecular weight is 475 g/mol. The van der Waals surface area contributed by atoms with E-state index in [9.17, 15) is 8.42 Å². The van der Waals surface area contributed by atoms with Crippen molar-refractivity contribution in [2.24, 2.45) is 7.05 Å². The lowest BCUT2D eigenvalue weighted by Gasteiger charge is -2.12. The summed E-state index contributed by atoms with van der Waals surface area (Å²) in [4.78, 5) is 3.45. The second-order valence-corrected chi connectivity index (χ2v) is 9.79. The zero-order valence-corrected chi connectivity index (χ0v) is 19.6. The summed E-state index contributed by atoms with van der Waals surface area (Å²) in [6, 6.07) is 22.5. The van der Waals surface area contributed by atoms with Crippen LogP contribution in [-0.4, -0.2) is 31.1 Å². The Morgan fingerprint density at radius 1 is 0.971 bits per heavy atom. The van der Waals surface area contributed by atoms with E-state index >= 15 is 0 Å². The van der Waals surface area contributed by atoms with Gasteiger partial charge >= 0.3 is 0 Å². The molecular weight excluding hydrogens is 448 g/mol. The van der Waals surface area contributed by atoms with E-state index in [1.807, 2.05) is 78.6 Å². The summed E-state index contributed by atoms with van der Waals surface area (Å²) in [5.41, 5.74) is 3.43. The van der Waals surface area contributed by atoms with Crippen LogP contribution in [0, 0.1) is 0 Å². The van der Waals surface area contributed by atoms with Crippen LogP contribution in [-0.2, 0) is 23.6 Å². The minimum Gasteiger partial charge on any atom is -0.492 e. The Kier molecular flexibility index (Phi) is 6.00. The van der Waals surface area contributed by atoms with Crippen LogP contribution in [0.15, 0.2) is 90.1 Å². The van der Waals surface area contributed by atoms with Crippen LogP contribution < -0.4 is 14.8 Å². The topological polar surface area (TPSA) is 88.2 Å². The van der Waals surface area contributed by atoms with Gasteiger partial charge in [-0.2, -0.15) is 0 Å². The van der Waals surface area contributed by atoms with Gasteiger partial charge in [-0.3, -0.25) is 4.72 Å². The number of hydrogen-bond donors (Lipinski definition) is 3. The maximum absolute atomic E-state index is 13.1. The quantitative estimate of drug-likeness (QED) is 0.272. The van der Waals surface area contributed by atoms with E-state index in [1.54, 1.807) is 18.2 Å². The number of nitrogens with one attached hydrogen (secondary N) is 3. The van der Waals surface area contributed by atoms with Crippen molar-refractivity contribution in [1.82, 2.24) is 14.9 Å². The molecule has 34 heavy (non-hydrogen) atoms. The molecule has 0 radical (unpaired) electrons. The van der Waals surface area contributed by atoms with E-state index < -0.39 is 10.0 Å². The van der Waals surface area contributed by atoms with Crippen LogP contribution in [0.5, 0.6) is 5.75 Å². The van der Waals surface area contributed by atoms with Gasteiger partial charge in [-0.15, -0.1) is 0 Å². The number of rotatable bonds is 9. The first-order valence-electron chi connectivity index (χ1n) is 11.1. The number of aromatic nitrogens is 2. The largest absolute Gasteiger partial charge is 0.492 e. The van der Waals surface area contributed by atoms with Crippen molar-refractivity contribution >= 4 is 37.5 Å². The molecule has 0 aliphatic carbocycles. The lowest BCUT2D eigenvalue weighted by Crippen LogP contribution is -2.20. The summed E-state index contributed by atoms with van der Waals surface area (Å²) in [5, 5.41) is 5.11. The van der Waals surface area contributed by atoms with E-state index in [0.29, 0.717) is 30.8 Å². The van der Waals surface area contributed by atoms with Crippen molar-refractivity contribution in [3.05, 3.63) is 90.8 Å². The van der Waals surface area contributed by atoms with Crippen molar-refractivity contribution in [2.45, 2.75) is 11.4 Å². The molecule has 3 N–H and O–H groups in total. The predicted octanol–water partition coefficient (Wildman–Crippen LogP) is 4.63. The number of H-pyrrole nitrogens is 1. The first-order chi connectivity index (χ1) is 16.5. The van der Waals surface area contributed by atoms with E-state index in [0.717, 1.165) is 27.7 Å². The zero-order chi connectivity index (χ0) is 23.5. The minimum atomic E-state index is -3.72. The first-order valence-corrected chi connectivity index (χ1v) is 12.5. The number of aromatic amines is 1. The van der Waals surface area contributed by atoms with E-state index in [1.165, 1.54) is 0 Å². The number of benzene rings is 3. The van der Waals surface area contributed by atoms with Crippen molar-refractivity contribution in [1.29, 1.82) is 0 Å². The van der Waals surface area contributed by atoms with Gasteiger partial charge in [0.25, 0.3) is 10.0 Å². The predicted molar refractivity (Wildman–Crippen MR) is 136 cm³/mol. The highest BCUT2D eigenvalue weighted by molar-refractivity contribution is 7.93. The van der Waals surface area contributed by atoms with Gasteiger partial charge in [0.05, 0.1) is 4.90 Å². The third kappa shape index (κ3) is 4.50. The molecule has 174 valence electrons. The molecule has 7 nitrogen and oxygen atoms in total. The fourth-order valence-corrected chi connectivity index (χ4v) is 5.38. The minimum absolute atomic E-state index is 0.267. The average Bonchev–Trinajstić information content (AvgIpc) is 3.46. The molecule has 8 heteroatoms. The second-order valence-electron chi connectivity index (χ2n) is 8.14. The number of ether oxygens (including phenoxy) is 1. The molecule has 5 rings (SSSR count). The highest BCUT2D eigenvalue weighted by atomic mass is 32.2. The number of aryl methyl sites for hydroxylation is 1. The van der Waals surface area contributed by atoms with Crippen LogP contribution in [0.25, 0.3) is 21.8 Å². The molecule has 0 saturated heterocycles. The number of fused-ring (bicyclic) bond motifs is 2. The van der Waals surface area contributed by atoms with Gasteiger partial charge in [0.2, 0.25) is 0 Å².